The van der Waals surface area contributed by atoms with Gasteiger partial charge in [0.1, 0.15) is 4.60 Å². The standard InChI is InChI=1S/C10H13BrN2O/c1-3-7(2)13-10(14)8-4-5-9(11)12-6-8/h4-7H,3H2,1-2H3,(H,13,14). The highest BCUT2D eigenvalue weighted by Crippen LogP contribution is 2.06. The van der Waals surface area contributed by atoms with Gasteiger partial charge in [-0.25, -0.2) is 4.98 Å². The van der Waals surface area contributed by atoms with Gasteiger partial charge in [-0.3, -0.25) is 4.79 Å². The summed E-state index contributed by atoms with van der Waals surface area (Å²) in [6.07, 6.45) is 2.48. The SMILES string of the molecule is CCC(C)NC(=O)c1ccc(Br)nc1. The zero-order valence-corrected chi connectivity index (χ0v) is 9.84. The second-order valence-corrected chi connectivity index (χ2v) is 3.96. The van der Waals surface area contributed by atoms with Gasteiger partial charge in [0.25, 0.3) is 5.91 Å². The zero-order chi connectivity index (χ0) is 10.6. The molecule has 1 aromatic rings. The molecule has 76 valence electrons. The average molecular weight is 257 g/mol. The first-order valence-electron chi connectivity index (χ1n) is 4.56. The van der Waals surface area contributed by atoms with Crippen LogP contribution in [0.5, 0.6) is 0 Å². The van der Waals surface area contributed by atoms with Crippen LogP contribution in [0.3, 0.4) is 0 Å². The molecule has 4 heteroatoms. The Balaban J connectivity index is 2.65. The molecule has 0 aliphatic carbocycles. The number of nitrogens with zero attached hydrogens (tertiary/aromatic N) is 1. The molecule has 1 amide bonds. The molecule has 0 saturated heterocycles. The summed E-state index contributed by atoms with van der Waals surface area (Å²) >= 11 is 3.22. The molecule has 1 heterocycles. The van der Waals surface area contributed by atoms with Crippen LogP contribution in [-0.2, 0) is 0 Å². The molecule has 0 fully saturated rings. The van der Waals surface area contributed by atoms with E-state index in [1.165, 1.54) is 0 Å². The quantitative estimate of drug-likeness (QED) is 0.844. The molecule has 14 heavy (non-hydrogen) atoms. The lowest BCUT2D eigenvalue weighted by atomic mass is 10.2. The van der Waals surface area contributed by atoms with Gasteiger partial charge in [-0.1, -0.05) is 6.92 Å². The highest BCUT2D eigenvalue weighted by atomic mass is 79.9. The number of aromatic nitrogens is 1. The van der Waals surface area contributed by atoms with Crippen molar-refractivity contribution in [3.63, 3.8) is 0 Å². The molecule has 0 aliphatic rings. The number of hydrogen-bond donors (Lipinski definition) is 1. The Bertz CT molecular complexity index is 310. The van der Waals surface area contributed by atoms with Crippen molar-refractivity contribution in [1.29, 1.82) is 0 Å². The van der Waals surface area contributed by atoms with E-state index in [2.05, 4.69) is 26.2 Å². The van der Waals surface area contributed by atoms with Crippen LogP contribution in [0.15, 0.2) is 22.9 Å². The highest BCUT2D eigenvalue weighted by Gasteiger charge is 2.07. The molecule has 0 spiro atoms. The molecule has 3 nitrogen and oxygen atoms in total. The molecule has 0 aliphatic heterocycles. The molecule has 1 atom stereocenters. The van der Waals surface area contributed by atoms with Crippen LogP contribution in [0.4, 0.5) is 0 Å². The molecule has 0 bridgehead atoms. The molecular formula is C10H13BrN2O. The fraction of sp³-hybridized carbons (Fsp3) is 0.400. The van der Waals surface area contributed by atoms with Crippen molar-refractivity contribution in [3.8, 4) is 0 Å². The van der Waals surface area contributed by atoms with E-state index in [-0.39, 0.29) is 11.9 Å². The highest BCUT2D eigenvalue weighted by molar-refractivity contribution is 9.10. The van der Waals surface area contributed by atoms with Crippen molar-refractivity contribution < 1.29 is 4.79 Å². The lowest BCUT2D eigenvalue weighted by Crippen LogP contribution is -2.31. The van der Waals surface area contributed by atoms with Crippen molar-refractivity contribution in [1.82, 2.24) is 10.3 Å². The number of carbonyl (C=O) groups is 1. The average Bonchev–Trinajstić information content (AvgIpc) is 2.18. The fourth-order valence-corrected chi connectivity index (χ4v) is 1.15. The Hall–Kier alpha value is -0.900. The van der Waals surface area contributed by atoms with Gasteiger partial charge in [-0.2, -0.15) is 0 Å². The minimum atomic E-state index is -0.0700. The van der Waals surface area contributed by atoms with Gasteiger partial charge in [0.05, 0.1) is 5.56 Å². The van der Waals surface area contributed by atoms with Crippen molar-refractivity contribution in [2.45, 2.75) is 26.3 Å². The third-order valence-corrected chi connectivity index (χ3v) is 2.45. The predicted octanol–water partition coefficient (Wildman–Crippen LogP) is 2.37. The summed E-state index contributed by atoms with van der Waals surface area (Å²) in [6.45, 7) is 4.01. The third kappa shape index (κ3) is 3.10. The van der Waals surface area contributed by atoms with Crippen molar-refractivity contribution in [2.24, 2.45) is 0 Å². The first-order chi connectivity index (χ1) is 6.63. The monoisotopic (exact) mass is 256 g/mol. The van der Waals surface area contributed by atoms with E-state index in [1.807, 2.05) is 13.8 Å². The van der Waals surface area contributed by atoms with Gasteiger partial charge in [-0.15, -0.1) is 0 Å². The van der Waals surface area contributed by atoms with E-state index >= 15 is 0 Å². The van der Waals surface area contributed by atoms with Gasteiger partial charge in [0, 0.05) is 12.2 Å². The number of pyridine rings is 1. The summed E-state index contributed by atoms with van der Waals surface area (Å²) in [5, 5.41) is 2.87. The minimum Gasteiger partial charge on any atom is -0.350 e. The molecular weight excluding hydrogens is 244 g/mol. The largest absolute Gasteiger partial charge is 0.350 e. The van der Waals surface area contributed by atoms with Gasteiger partial charge >= 0.3 is 0 Å². The summed E-state index contributed by atoms with van der Waals surface area (Å²) in [7, 11) is 0. The van der Waals surface area contributed by atoms with Gasteiger partial charge in [-0.05, 0) is 41.4 Å². The van der Waals surface area contributed by atoms with E-state index in [1.54, 1.807) is 18.3 Å². The number of amides is 1. The number of carbonyl (C=O) groups excluding carboxylic acids is 1. The molecule has 0 saturated carbocycles. The van der Waals surface area contributed by atoms with E-state index in [4.69, 9.17) is 0 Å². The maximum Gasteiger partial charge on any atom is 0.253 e. The molecule has 1 unspecified atom stereocenters. The van der Waals surface area contributed by atoms with E-state index < -0.39 is 0 Å². The van der Waals surface area contributed by atoms with Gasteiger partial charge < -0.3 is 5.32 Å². The zero-order valence-electron chi connectivity index (χ0n) is 8.25. The number of hydrogen-bond acceptors (Lipinski definition) is 2. The van der Waals surface area contributed by atoms with E-state index in [0.717, 1.165) is 11.0 Å². The van der Waals surface area contributed by atoms with Gasteiger partial charge in [0.2, 0.25) is 0 Å². The second-order valence-electron chi connectivity index (χ2n) is 3.15. The Labute approximate surface area is 92.1 Å². The van der Waals surface area contributed by atoms with Gasteiger partial charge in [0.15, 0.2) is 0 Å². The molecule has 0 aromatic carbocycles. The summed E-state index contributed by atoms with van der Waals surface area (Å²) < 4.78 is 0.734. The summed E-state index contributed by atoms with van der Waals surface area (Å²) in [5.41, 5.74) is 0.591. The van der Waals surface area contributed by atoms with Crippen LogP contribution in [0.25, 0.3) is 0 Å². The topological polar surface area (TPSA) is 42.0 Å². The lowest BCUT2D eigenvalue weighted by Gasteiger charge is -2.10. The smallest absolute Gasteiger partial charge is 0.253 e. The molecule has 0 radical (unpaired) electrons. The molecule has 1 rings (SSSR count). The van der Waals surface area contributed by atoms with Crippen LogP contribution >= 0.6 is 15.9 Å². The number of halogens is 1. The fourth-order valence-electron chi connectivity index (χ4n) is 0.919. The second kappa shape index (κ2) is 5.10. The van der Waals surface area contributed by atoms with Crippen molar-refractivity contribution >= 4 is 21.8 Å². The van der Waals surface area contributed by atoms with Crippen LogP contribution in [0, 0.1) is 0 Å². The molecule has 1 aromatic heterocycles. The van der Waals surface area contributed by atoms with E-state index in [9.17, 15) is 4.79 Å². The Morgan fingerprint density at radius 1 is 1.64 bits per heavy atom. The maximum atomic E-state index is 11.6. The predicted molar refractivity (Wildman–Crippen MR) is 59.2 cm³/mol. The Morgan fingerprint density at radius 2 is 2.36 bits per heavy atom. The van der Waals surface area contributed by atoms with Crippen LogP contribution in [0.2, 0.25) is 0 Å². The minimum absolute atomic E-state index is 0.0700. The summed E-state index contributed by atoms with van der Waals surface area (Å²) in [5.74, 6) is -0.0700. The summed E-state index contributed by atoms with van der Waals surface area (Å²) in [6, 6.07) is 3.70. The summed E-state index contributed by atoms with van der Waals surface area (Å²) in [4.78, 5) is 15.5. The normalized spacial score (nSPS) is 12.2. The molecule has 1 N–H and O–H groups in total. The maximum absolute atomic E-state index is 11.6. The van der Waals surface area contributed by atoms with Crippen molar-refractivity contribution in [2.75, 3.05) is 0 Å². The first kappa shape index (κ1) is 11.2. The number of nitrogens with one attached hydrogen (secondary N) is 1. The van der Waals surface area contributed by atoms with Crippen LogP contribution < -0.4 is 5.32 Å². The number of rotatable bonds is 3. The van der Waals surface area contributed by atoms with E-state index in [0.29, 0.717) is 5.56 Å². The Morgan fingerprint density at radius 3 is 2.86 bits per heavy atom. The third-order valence-electron chi connectivity index (χ3n) is 1.98. The van der Waals surface area contributed by atoms with Crippen LogP contribution in [0.1, 0.15) is 30.6 Å². The first-order valence-corrected chi connectivity index (χ1v) is 5.35. The van der Waals surface area contributed by atoms with Crippen molar-refractivity contribution in [3.05, 3.63) is 28.5 Å². The van der Waals surface area contributed by atoms with Crippen LogP contribution in [-0.4, -0.2) is 16.9 Å². The Kier molecular flexibility index (Phi) is 4.07. The lowest BCUT2D eigenvalue weighted by molar-refractivity contribution is 0.0939.